The average molecular weight is 368 g/mol. The molecule has 1 aliphatic rings. The smallest absolute Gasteiger partial charge is 0.226 e. The summed E-state index contributed by atoms with van der Waals surface area (Å²) in [5, 5.41) is 8.06. The van der Waals surface area contributed by atoms with E-state index in [1.165, 1.54) is 0 Å². The third-order valence-electron chi connectivity index (χ3n) is 4.44. The monoisotopic (exact) mass is 367 g/mol. The molecule has 0 unspecified atom stereocenters. The highest BCUT2D eigenvalue weighted by Crippen LogP contribution is 2.39. The Morgan fingerprint density at radius 1 is 1.27 bits per heavy atom. The molecule has 0 bridgehead atoms. The van der Waals surface area contributed by atoms with Gasteiger partial charge in [0.15, 0.2) is 0 Å². The molecule has 0 fully saturated rings. The molecule has 4 rings (SSSR count). The van der Waals surface area contributed by atoms with Crippen LogP contribution in [0.3, 0.4) is 0 Å². The Morgan fingerprint density at radius 2 is 2.12 bits per heavy atom. The van der Waals surface area contributed by atoms with Crippen LogP contribution in [0.5, 0.6) is 5.75 Å². The van der Waals surface area contributed by atoms with E-state index in [-0.39, 0.29) is 11.8 Å². The summed E-state index contributed by atoms with van der Waals surface area (Å²) in [6.07, 6.45) is 2.19. The van der Waals surface area contributed by atoms with Crippen molar-refractivity contribution in [2.45, 2.75) is 19.3 Å². The van der Waals surface area contributed by atoms with Crippen LogP contribution in [-0.4, -0.2) is 22.3 Å². The lowest BCUT2D eigenvalue weighted by molar-refractivity contribution is -0.116. The second-order valence-electron chi connectivity index (χ2n) is 6.15. The number of aromatic nitrogens is 2. The minimum absolute atomic E-state index is 0.0342. The number of rotatable bonds is 4. The Bertz CT molecular complexity index is 967. The molecule has 2 aromatic carbocycles. The van der Waals surface area contributed by atoms with Crippen LogP contribution >= 0.6 is 11.6 Å². The van der Waals surface area contributed by atoms with Gasteiger partial charge in [0.2, 0.25) is 5.91 Å². The summed E-state index contributed by atoms with van der Waals surface area (Å²) in [5.74, 6) is 1.40. The van der Waals surface area contributed by atoms with Gasteiger partial charge in [-0.3, -0.25) is 4.79 Å². The number of amides is 1. The molecule has 0 radical (unpaired) electrons. The predicted molar refractivity (Wildman–Crippen MR) is 101 cm³/mol. The number of halogens is 1. The maximum atomic E-state index is 12.4. The molecule has 1 aromatic heterocycles. The summed E-state index contributed by atoms with van der Waals surface area (Å²) in [6.45, 7) is 2.56. The van der Waals surface area contributed by atoms with Gasteiger partial charge < -0.3 is 10.1 Å². The van der Waals surface area contributed by atoms with Crippen molar-refractivity contribution >= 4 is 23.3 Å². The maximum absolute atomic E-state index is 12.4. The zero-order chi connectivity index (χ0) is 18.1. The highest BCUT2D eigenvalue weighted by Gasteiger charge is 2.30. The normalized spacial score (nSPS) is 16.1. The minimum Gasteiger partial charge on any atom is -0.494 e. The Morgan fingerprint density at radius 3 is 2.92 bits per heavy atom. The fourth-order valence-corrected chi connectivity index (χ4v) is 3.49. The molecule has 1 atom stereocenters. The number of ether oxygens (including phenoxy) is 1. The van der Waals surface area contributed by atoms with Gasteiger partial charge in [0.1, 0.15) is 11.6 Å². The van der Waals surface area contributed by atoms with Crippen LogP contribution in [0.2, 0.25) is 5.02 Å². The van der Waals surface area contributed by atoms with Gasteiger partial charge >= 0.3 is 0 Å². The summed E-state index contributed by atoms with van der Waals surface area (Å²) in [4.78, 5) is 12.4. The molecule has 0 saturated carbocycles. The lowest BCUT2D eigenvalue weighted by Crippen LogP contribution is -2.24. The van der Waals surface area contributed by atoms with E-state index >= 15 is 0 Å². The summed E-state index contributed by atoms with van der Waals surface area (Å²) < 4.78 is 7.32. The molecule has 132 valence electrons. The second-order valence-corrected chi connectivity index (χ2v) is 6.59. The van der Waals surface area contributed by atoms with Gasteiger partial charge in [0.05, 0.1) is 18.5 Å². The molecular weight excluding hydrogens is 350 g/mol. The first-order chi connectivity index (χ1) is 12.7. The van der Waals surface area contributed by atoms with Crippen molar-refractivity contribution in [2.24, 2.45) is 0 Å². The number of hydrogen-bond donors (Lipinski definition) is 1. The standard InChI is InChI=1S/C20H18ClN3O2/c1-2-26-16-8-3-5-13(9-16)17-11-19(25)23-20-18(17)12-22-24(20)15-7-4-6-14(21)10-15/h3-10,12,17H,2,11H2,1H3,(H,23,25)/t17-/m1/s1. The molecule has 1 aliphatic heterocycles. The minimum atomic E-state index is -0.0629. The number of benzene rings is 2. The van der Waals surface area contributed by atoms with Crippen LogP contribution in [0.1, 0.15) is 30.4 Å². The summed E-state index contributed by atoms with van der Waals surface area (Å²) >= 11 is 6.10. The fourth-order valence-electron chi connectivity index (χ4n) is 3.31. The van der Waals surface area contributed by atoms with E-state index in [2.05, 4.69) is 10.4 Å². The first-order valence-corrected chi connectivity index (χ1v) is 8.90. The topological polar surface area (TPSA) is 56.1 Å². The first kappa shape index (κ1) is 16.7. The number of fused-ring (bicyclic) bond motifs is 1. The van der Waals surface area contributed by atoms with E-state index < -0.39 is 0 Å². The van der Waals surface area contributed by atoms with Crippen LogP contribution in [0, 0.1) is 0 Å². The molecule has 0 aliphatic carbocycles. The third-order valence-corrected chi connectivity index (χ3v) is 4.68. The van der Waals surface area contributed by atoms with Crippen molar-refractivity contribution in [3.63, 3.8) is 0 Å². The van der Waals surface area contributed by atoms with Crippen LogP contribution in [0.25, 0.3) is 5.69 Å². The number of carbonyl (C=O) groups excluding carboxylic acids is 1. The highest BCUT2D eigenvalue weighted by atomic mass is 35.5. The molecule has 3 aromatic rings. The number of nitrogens with one attached hydrogen (secondary N) is 1. The Kier molecular flexibility index (Phi) is 4.39. The van der Waals surface area contributed by atoms with Gasteiger partial charge in [0.25, 0.3) is 0 Å². The van der Waals surface area contributed by atoms with Crippen LogP contribution in [0.15, 0.2) is 54.7 Å². The average Bonchev–Trinajstić information content (AvgIpc) is 3.05. The molecule has 1 N–H and O–H groups in total. The summed E-state index contributed by atoms with van der Waals surface area (Å²) in [6, 6.07) is 15.3. The molecule has 5 nitrogen and oxygen atoms in total. The molecule has 6 heteroatoms. The van der Waals surface area contributed by atoms with E-state index in [0.29, 0.717) is 23.9 Å². The number of carbonyl (C=O) groups is 1. The lowest BCUT2D eigenvalue weighted by Gasteiger charge is -2.24. The Balaban J connectivity index is 1.78. The highest BCUT2D eigenvalue weighted by molar-refractivity contribution is 6.30. The van der Waals surface area contributed by atoms with Gasteiger partial charge in [-0.25, -0.2) is 4.68 Å². The van der Waals surface area contributed by atoms with Crippen LogP contribution in [-0.2, 0) is 4.79 Å². The van der Waals surface area contributed by atoms with E-state index in [4.69, 9.17) is 16.3 Å². The number of nitrogens with zero attached hydrogens (tertiary/aromatic N) is 2. The lowest BCUT2D eigenvalue weighted by atomic mass is 9.87. The predicted octanol–water partition coefficient (Wildman–Crippen LogP) is 4.40. The van der Waals surface area contributed by atoms with Gasteiger partial charge in [-0.2, -0.15) is 5.10 Å². The Labute approximate surface area is 156 Å². The van der Waals surface area contributed by atoms with Crippen molar-refractivity contribution in [3.8, 4) is 11.4 Å². The molecule has 26 heavy (non-hydrogen) atoms. The fraction of sp³-hybridized carbons (Fsp3) is 0.200. The van der Waals surface area contributed by atoms with Gasteiger partial charge in [-0.1, -0.05) is 29.8 Å². The largest absolute Gasteiger partial charge is 0.494 e. The quantitative estimate of drug-likeness (QED) is 0.743. The van der Waals surface area contributed by atoms with E-state index in [9.17, 15) is 4.79 Å². The van der Waals surface area contributed by atoms with Crippen molar-refractivity contribution in [1.82, 2.24) is 9.78 Å². The number of anilines is 1. The zero-order valence-electron chi connectivity index (χ0n) is 14.3. The molecule has 0 saturated heterocycles. The number of hydrogen-bond acceptors (Lipinski definition) is 3. The van der Waals surface area contributed by atoms with Crippen molar-refractivity contribution < 1.29 is 9.53 Å². The van der Waals surface area contributed by atoms with Crippen molar-refractivity contribution in [3.05, 3.63) is 70.9 Å². The molecule has 0 spiro atoms. The van der Waals surface area contributed by atoms with E-state index in [0.717, 1.165) is 22.6 Å². The first-order valence-electron chi connectivity index (χ1n) is 8.52. The molecule has 2 heterocycles. The second kappa shape index (κ2) is 6.84. The molecule has 1 amide bonds. The van der Waals surface area contributed by atoms with Gasteiger partial charge in [-0.15, -0.1) is 0 Å². The van der Waals surface area contributed by atoms with Crippen LogP contribution in [0.4, 0.5) is 5.82 Å². The van der Waals surface area contributed by atoms with Gasteiger partial charge in [0, 0.05) is 22.9 Å². The van der Waals surface area contributed by atoms with Crippen molar-refractivity contribution in [2.75, 3.05) is 11.9 Å². The summed E-state index contributed by atoms with van der Waals surface area (Å²) in [5.41, 5.74) is 2.83. The molecular formula is C20H18ClN3O2. The van der Waals surface area contributed by atoms with E-state index in [1.54, 1.807) is 4.68 Å². The van der Waals surface area contributed by atoms with E-state index in [1.807, 2.05) is 61.7 Å². The zero-order valence-corrected chi connectivity index (χ0v) is 15.0. The van der Waals surface area contributed by atoms with Crippen LogP contribution < -0.4 is 10.1 Å². The maximum Gasteiger partial charge on any atom is 0.226 e. The van der Waals surface area contributed by atoms with Crippen molar-refractivity contribution in [1.29, 1.82) is 0 Å². The SMILES string of the molecule is CCOc1cccc([C@H]2CC(=O)Nc3c2cnn3-c2cccc(Cl)c2)c1. The summed E-state index contributed by atoms with van der Waals surface area (Å²) in [7, 11) is 0. The van der Waals surface area contributed by atoms with Gasteiger partial charge in [-0.05, 0) is 42.8 Å². The third kappa shape index (κ3) is 3.06. The Hall–Kier alpha value is -2.79.